The number of fused-ring (bicyclic) bond motifs is 2. The Labute approximate surface area is 211 Å². The van der Waals surface area contributed by atoms with Crippen molar-refractivity contribution in [2.45, 2.75) is 83.1 Å². The molecule has 0 spiro atoms. The van der Waals surface area contributed by atoms with E-state index in [0.717, 1.165) is 72.6 Å². The maximum Gasteiger partial charge on any atom is 0.338 e. The maximum absolute atomic E-state index is 12.2. The van der Waals surface area contributed by atoms with Gasteiger partial charge in [-0.3, -0.25) is 0 Å². The zero-order valence-corrected chi connectivity index (χ0v) is 21.2. The van der Waals surface area contributed by atoms with E-state index in [-0.39, 0.29) is 12.1 Å². The Balaban J connectivity index is 1.19. The van der Waals surface area contributed by atoms with Crippen molar-refractivity contribution in [2.24, 2.45) is 0 Å². The lowest BCUT2D eigenvalue weighted by atomic mass is 9.98. The van der Waals surface area contributed by atoms with Crippen molar-refractivity contribution in [1.29, 1.82) is 0 Å². The van der Waals surface area contributed by atoms with Crippen LogP contribution >= 0.6 is 0 Å². The van der Waals surface area contributed by atoms with Gasteiger partial charge in [0.05, 0.1) is 25.4 Å². The minimum Gasteiger partial charge on any atom is -0.465 e. The largest absolute Gasteiger partial charge is 0.465 e. The molecule has 2 saturated heterocycles. The fraction of sp³-hybridized carbons (Fsp3) is 0.483. The van der Waals surface area contributed by atoms with Gasteiger partial charge in [0.25, 0.3) is 0 Å². The molecule has 1 saturated carbocycles. The molecule has 188 valence electrons. The molecule has 7 heteroatoms. The molecule has 3 aliphatic rings. The third-order valence-corrected chi connectivity index (χ3v) is 7.95. The number of nitrogens with zero attached hydrogens (tertiary/aromatic N) is 3. The molecule has 2 aromatic heterocycles. The second-order valence-corrected chi connectivity index (χ2v) is 10.5. The first-order chi connectivity index (χ1) is 17.5. The van der Waals surface area contributed by atoms with Crippen LogP contribution in [-0.2, 0) is 16.1 Å². The van der Waals surface area contributed by atoms with E-state index in [9.17, 15) is 4.79 Å². The molecule has 0 N–H and O–H groups in total. The van der Waals surface area contributed by atoms with Crippen molar-refractivity contribution in [1.82, 2.24) is 10.1 Å². The monoisotopic (exact) mass is 487 g/mol. The average molecular weight is 488 g/mol. The van der Waals surface area contributed by atoms with Gasteiger partial charge in [0.2, 0.25) is 0 Å². The number of ether oxygens (including phenoxy) is 2. The van der Waals surface area contributed by atoms with Crippen LogP contribution in [0, 0.1) is 13.8 Å². The predicted molar refractivity (Wildman–Crippen MR) is 136 cm³/mol. The summed E-state index contributed by atoms with van der Waals surface area (Å²) in [6.45, 7) is 4.57. The standard InChI is InChI=1S/C29H33N3O4/c1-17-6-4-5-7-24(17)27-25(28(36-31-27)19-8-9-19)16-35-23-14-21-10-11-22(15-23)32(21)26-13-20(29(33)34-3)12-18(2)30-26/h4-7,12-13,19,21-23H,8-11,14-16H2,1-3H3/t21-,22?,23?/m0/s1. The van der Waals surface area contributed by atoms with E-state index >= 15 is 0 Å². The summed E-state index contributed by atoms with van der Waals surface area (Å²) < 4.78 is 17.4. The van der Waals surface area contributed by atoms with Gasteiger partial charge in [0.1, 0.15) is 17.3 Å². The van der Waals surface area contributed by atoms with Gasteiger partial charge < -0.3 is 18.9 Å². The Kier molecular flexibility index (Phi) is 6.04. The molecule has 3 aromatic rings. The van der Waals surface area contributed by atoms with Crippen LogP contribution in [-0.4, -0.2) is 41.4 Å². The second-order valence-electron chi connectivity index (χ2n) is 10.5. The van der Waals surface area contributed by atoms with E-state index in [2.05, 4.69) is 41.2 Å². The Hall–Kier alpha value is -3.19. The Morgan fingerprint density at radius 3 is 2.53 bits per heavy atom. The molecule has 2 aliphatic heterocycles. The van der Waals surface area contributed by atoms with Crippen LogP contribution in [0.4, 0.5) is 5.82 Å². The van der Waals surface area contributed by atoms with Crippen molar-refractivity contribution in [3.8, 4) is 11.3 Å². The number of hydrogen-bond donors (Lipinski definition) is 0. The third-order valence-electron chi connectivity index (χ3n) is 7.95. The molecule has 2 bridgehead atoms. The van der Waals surface area contributed by atoms with Gasteiger partial charge in [-0.1, -0.05) is 29.4 Å². The lowest BCUT2D eigenvalue weighted by molar-refractivity contribution is 0.0145. The smallest absolute Gasteiger partial charge is 0.338 e. The van der Waals surface area contributed by atoms with Gasteiger partial charge in [-0.15, -0.1) is 0 Å². The maximum atomic E-state index is 12.2. The van der Waals surface area contributed by atoms with Crippen molar-refractivity contribution < 1.29 is 18.8 Å². The summed E-state index contributed by atoms with van der Waals surface area (Å²) in [5.41, 5.74) is 5.74. The molecule has 6 rings (SSSR count). The van der Waals surface area contributed by atoms with Gasteiger partial charge in [0.15, 0.2) is 0 Å². The lowest BCUT2D eigenvalue weighted by Crippen LogP contribution is -2.46. The van der Waals surface area contributed by atoms with E-state index in [1.807, 2.05) is 13.0 Å². The van der Waals surface area contributed by atoms with Crippen LogP contribution in [0.15, 0.2) is 40.9 Å². The summed E-state index contributed by atoms with van der Waals surface area (Å²) in [4.78, 5) is 19.3. The number of carbonyl (C=O) groups is 1. The fourth-order valence-corrected chi connectivity index (χ4v) is 6.04. The highest BCUT2D eigenvalue weighted by Gasteiger charge is 2.42. The van der Waals surface area contributed by atoms with Crippen molar-refractivity contribution in [3.63, 3.8) is 0 Å². The number of methoxy groups -OCH3 is 1. The fourth-order valence-electron chi connectivity index (χ4n) is 6.04. The first-order valence-electron chi connectivity index (χ1n) is 13.0. The van der Waals surface area contributed by atoms with Gasteiger partial charge in [-0.25, -0.2) is 9.78 Å². The quantitative estimate of drug-likeness (QED) is 0.394. The van der Waals surface area contributed by atoms with Gasteiger partial charge in [-0.2, -0.15) is 0 Å². The summed E-state index contributed by atoms with van der Waals surface area (Å²) in [6.07, 6.45) is 6.62. The molecule has 1 aromatic carbocycles. The highest BCUT2D eigenvalue weighted by molar-refractivity contribution is 5.90. The van der Waals surface area contributed by atoms with Gasteiger partial charge in [-0.05, 0) is 70.1 Å². The first-order valence-corrected chi connectivity index (χ1v) is 13.0. The predicted octanol–water partition coefficient (Wildman–Crippen LogP) is 5.73. The van der Waals surface area contributed by atoms with Crippen LogP contribution < -0.4 is 4.90 Å². The van der Waals surface area contributed by atoms with Crippen LogP contribution in [0.1, 0.15) is 77.4 Å². The van der Waals surface area contributed by atoms with Crippen LogP contribution in [0.5, 0.6) is 0 Å². The van der Waals surface area contributed by atoms with Gasteiger partial charge in [0, 0.05) is 34.8 Å². The molecule has 4 heterocycles. The number of piperidine rings is 1. The number of esters is 1. The number of benzene rings is 1. The number of hydrogen-bond acceptors (Lipinski definition) is 7. The summed E-state index contributed by atoms with van der Waals surface area (Å²) in [7, 11) is 1.42. The van der Waals surface area contributed by atoms with Crippen LogP contribution in [0.3, 0.4) is 0 Å². The molecule has 0 amide bonds. The highest BCUT2D eigenvalue weighted by Crippen LogP contribution is 2.45. The topological polar surface area (TPSA) is 77.7 Å². The van der Waals surface area contributed by atoms with E-state index < -0.39 is 0 Å². The highest BCUT2D eigenvalue weighted by atomic mass is 16.5. The summed E-state index contributed by atoms with van der Waals surface area (Å²) in [5, 5.41) is 4.49. The molecule has 1 aliphatic carbocycles. The van der Waals surface area contributed by atoms with E-state index in [4.69, 9.17) is 19.0 Å². The molecular weight excluding hydrogens is 454 g/mol. The number of carbonyl (C=O) groups excluding carboxylic acids is 1. The number of aryl methyl sites for hydroxylation is 2. The number of rotatable bonds is 7. The SMILES string of the molecule is COC(=O)c1cc(C)nc(N2C3CC[C@H]2CC(OCc2c(-c4ccccc4C)noc2C2CC2)C3)c1. The van der Waals surface area contributed by atoms with E-state index in [0.29, 0.717) is 30.2 Å². The van der Waals surface area contributed by atoms with E-state index in [1.54, 1.807) is 6.07 Å². The zero-order valence-electron chi connectivity index (χ0n) is 21.2. The minimum atomic E-state index is -0.322. The zero-order chi connectivity index (χ0) is 24.8. The number of pyridine rings is 1. The number of anilines is 1. The van der Waals surface area contributed by atoms with Gasteiger partial charge >= 0.3 is 5.97 Å². The molecule has 2 unspecified atom stereocenters. The van der Waals surface area contributed by atoms with Crippen molar-refractivity contribution >= 4 is 11.8 Å². The lowest BCUT2D eigenvalue weighted by Gasteiger charge is -2.40. The van der Waals surface area contributed by atoms with Crippen LogP contribution in [0.2, 0.25) is 0 Å². The Morgan fingerprint density at radius 2 is 1.83 bits per heavy atom. The summed E-state index contributed by atoms with van der Waals surface area (Å²) in [6, 6.07) is 12.7. The number of aromatic nitrogens is 2. The normalized spacial score (nSPS) is 23.2. The summed E-state index contributed by atoms with van der Waals surface area (Å²) in [5.74, 6) is 2.03. The van der Waals surface area contributed by atoms with Crippen molar-refractivity contribution in [3.05, 3.63) is 64.5 Å². The first kappa shape index (κ1) is 23.2. The molecule has 0 radical (unpaired) electrons. The molecule has 36 heavy (non-hydrogen) atoms. The third kappa shape index (κ3) is 4.30. The van der Waals surface area contributed by atoms with Crippen molar-refractivity contribution in [2.75, 3.05) is 12.0 Å². The Bertz CT molecular complexity index is 1270. The minimum absolute atomic E-state index is 0.176. The average Bonchev–Trinajstić information content (AvgIpc) is 3.58. The molecule has 7 nitrogen and oxygen atoms in total. The van der Waals surface area contributed by atoms with Crippen LogP contribution in [0.25, 0.3) is 11.3 Å². The molecule has 3 atom stereocenters. The van der Waals surface area contributed by atoms with E-state index in [1.165, 1.54) is 12.7 Å². The molecular formula is C29H33N3O4. The second kappa shape index (κ2) is 9.36. The Morgan fingerprint density at radius 1 is 1.08 bits per heavy atom. The molecule has 3 fully saturated rings. The summed E-state index contributed by atoms with van der Waals surface area (Å²) >= 11 is 0.